The van der Waals surface area contributed by atoms with Crippen molar-refractivity contribution in [2.45, 2.75) is 49.8 Å². The predicted molar refractivity (Wildman–Crippen MR) is 107 cm³/mol. The van der Waals surface area contributed by atoms with Crippen LogP contribution in [0.15, 0.2) is 12.2 Å². The van der Waals surface area contributed by atoms with Gasteiger partial charge in [0.05, 0.1) is 29.1 Å². The van der Waals surface area contributed by atoms with E-state index in [-0.39, 0.29) is 36.5 Å². The van der Waals surface area contributed by atoms with Crippen LogP contribution in [0.4, 0.5) is 0 Å². The van der Waals surface area contributed by atoms with Gasteiger partial charge in [-0.3, -0.25) is 19.2 Å². The molecule has 0 radical (unpaired) electrons. The van der Waals surface area contributed by atoms with Crippen LogP contribution in [0, 0.1) is 0 Å². The van der Waals surface area contributed by atoms with Crippen LogP contribution in [0.1, 0.15) is 38.5 Å². The molecule has 3 unspecified atom stereocenters. The lowest BCUT2D eigenvalue weighted by molar-refractivity contribution is -0.131. The summed E-state index contributed by atoms with van der Waals surface area (Å²) >= 11 is 0. The number of allylic oxidation sites excluding steroid dienone is 1. The van der Waals surface area contributed by atoms with Gasteiger partial charge in [-0.25, -0.2) is 0 Å². The minimum absolute atomic E-state index is 0.0675. The smallest absolute Gasteiger partial charge is 0.243 e. The molecule has 3 atom stereocenters. The van der Waals surface area contributed by atoms with E-state index in [1.54, 1.807) is 0 Å². The molecule has 0 aromatic rings. The van der Waals surface area contributed by atoms with Gasteiger partial charge in [0.25, 0.3) is 0 Å². The van der Waals surface area contributed by atoms with Crippen LogP contribution in [0.5, 0.6) is 0 Å². The van der Waals surface area contributed by atoms with Crippen molar-refractivity contribution < 1.29 is 23.7 Å². The second-order valence-electron chi connectivity index (χ2n) is 6.57. The van der Waals surface area contributed by atoms with Crippen LogP contribution >= 0.6 is 10.8 Å². The first-order chi connectivity index (χ1) is 13.4. The van der Waals surface area contributed by atoms with Gasteiger partial charge in [0, 0.05) is 16.6 Å². The first-order valence-corrected chi connectivity index (χ1v) is 12.0. The Kier molecular flexibility index (Phi) is 9.65. The van der Waals surface area contributed by atoms with Gasteiger partial charge in [-0.05, 0) is 19.3 Å². The van der Waals surface area contributed by atoms with Crippen molar-refractivity contribution in [3.05, 3.63) is 12.2 Å². The fraction of sp³-hybridized carbons (Fsp3) is 0.647. The van der Waals surface area contributed by atoms with E-state index in [1.807, 2.05) is 12.2 Å². The van der Waals surface area contributed by atoms with Gasteiger partial charge in [-0.2, -0.15) is 0 Å². The van der Waals surface area contributed by atoms with Gasteiger partial charge in [0.1, 0.15) is 6.04 Å². The second-order valence-corrected chi connectivity index (χ2v) is 9.95. The topological polar surface area (TPSA) is 139 Å². The maximum atomic E-state index is 12.4. The molecule has 1 saturated heterocycles. The predicted octanol–water partition coefficient (Wildman–Crippen LogP) is -0.533. The molecule has 0 aliphatic carbocycles. The van der Waals surface area contributed by atoms with Gasteiger partial charge in [0.2, 0.25) is 23.6 Å². The Bertz CT molecular complexity index is 616. The van der Waals surface area contributed by atoms with E-state index in [1.165, 1.54) is 0 Å². The monoisotopic (exact) mass is 430 g/mol. The number of hydrogen-bond acceptors (Lipinski definition) is 6. The van der Waals surface area contributed by atoms with E-state index in [0.717, 1.165) is 36.5 Å². The lowest BCUT2D eigenvalue weighted by atomic mass is 10.1. The van der Waals surface area contributed by atoms with E-state index in [9.17, 15) is 23.7 Å². The lowest BCUT2D eigenvalue weighted by Gasteiger charge is -2.19. The molecule has 2 rings (SSSR count). The minimum atomic E-state index is -1.44. The molecule has 0 aromatic heterocycles. The van der Waals surface area contributed by atoms with Crippen LogP contribution in [0.25, 0.3) is 0 Å². The molecule has 11 heteroatoms. The Morgan fingerprint density at radius 2 is 1.75 bits per heavy atom. The number of rotatable bonds is 0. The summed E-state index contributed by atoms with van der Waals surface area (Å²) in [6, 6.07) is -0.775. The lowest BCUT2D eigenvalue weighted by Crippen LogP contribution is -2.51. The van der Waals surface area contributed by atoms with E-state index in [2.05, 4.69) is 21.3 Å². The zero-order valence-electron chi connectivity index (χ0n) is 15.5. The molecule has 2 aliphatic rings. The summed E-state index contributed by atoms with van der Waals surface area (Å²) in [5, 5.41) is 9.84. The highest BCUT2D eigenvalue weighted by molar-refractivity contribution is 8.72. The summed E-state index contributed by atoms with van der Waals surface area (Å²) in [5.74, 6) is -1.81. The summed E-state index contributed by atoms with van der Waals surface area (Å²) in [4.78, 5) is 48.6. The van der Waals surface area contributed by atoms with Crippen molar-refractivity contribution in [1.29, 1.82) is 0 Å². The van der Waals surface area contributed by atoms with Crippen molar-refractivity contribution in [3.63, 3.8) is 0 Å². The molecule has 1 fully saturated rings. The maximum absolute atomic E-state index is 12.4. The van der Waals surface area contributed by atoms with E-state index < -0.39 is 34.0 Å². The Morgan fingerprint density at radius 3 is 2.57 bits per heavy atom. The van der Waals surface area contributed by atoms with Crippen LogP contribution in [-0.2, 0) is 29.4 Å². The average Bonchev–Trinajstić information content (AvgIpc) is 2.66. The summed E-state index contributed by atoms with van der Waals surface area (Å²) < 4.78 is 12.2. The molecule has 0 saturated carbocycles. The highest BCUT2D eigenvalue weighted by atomic mass is 33.1. The highest BCUT2D eigenvalue weighted by Gasteiger charge is 2.24. The molecule has 0 aromatic carbocycles. The van der Waals surface area contributed by atoms with Gasteiger partial charge < -0.3 is 25.8 Å². The fourth-order valence-corrected chi connectivity index (χ4v) is 5.40. The molecule has 0 spiro atoms. The molecule has 4 N–H and O–H groups in total. The quantitative estimate of drug-likeness (QED) is 0.231. The molecule has 2 heterocycles. The van der Waals surface area contributed by atoms with E-state index in [0.29, 0.717) is 6.42 Å². The molecule has 2 aliphatic heterocycles. The van der Waals surface area contributed by atoms with Crippen molar-refractivity contribution in [1.82, 2.24) is 21.3 Å². The van der Waals surface area contributed by atoms with Gasteiger partial charge >= 0.3 is 0 Å². The van der Waals surface area contributed by atoms with Crippen LogP contribution in [0.3, 0.4) is 0 Å². The van der Waals surface area contributed by atoms with Crippen LogP contribution in [-0.4, -0.2) is 58.4 Å². The number of nitrogens with one attached hydrogen (secondary N) is 4. The number of hydrogen-bond donors (Lipinski definition) is 4. The van der Waals surface area contributed by atoms with E-state index >= 15 is 0 Å². The average molecular weight is 431 g/mol. The molecule has 28 heavy (non-hydrogen) atoms. The largest absolute Gasteiger partial charge is 0.604 e. The summed E-state index contributed by atoms with van der Waals surface area (Å²) in [5.41, 5.74) is 0. The standard InChI is InChI=1S/C17H26N4O5S2/c22-14-8-12-6-4-2-1-3-5-7-13(21-16(24)10-18-14)17(25)19-9-15(23)20-11-28(26)27-12/h4,6,12-13H,1-3,5,7-11H2,(H,18,22)(H,19,25)(H,20,23)(H,21,24)/b6-4+. The Hall–Kier alpha value is -1.72. The SMILES string of the molecule is O=C1CNC(=O)C2CCCCC/C=C/C(CC(=O)NCC(=O)N2)S[S+]([O-])CN1. The number of carbonyl (C=O) groups excluding carboxylic acids is 4. The summed E-state index contributed by atoms with van der Waals surface area (Å²) in [7, 11) is -0.359. The molecule has 9 nitrogen and oxygen atoms in total. The highest BCUT2D eigenvalue weighted by Crippen LogP contribution is 2.24. The third-order valence-corrected chi connectivity index (χ3v) is 7.14. The molecule has 2 bridgehead atoms. The van der Waals surface area contributed by atoms with Crippen molar-refractivity contribution in [3.8, 4) is 0 Å². The molecular formula is C17H26N4O5S2. The Morgan fingerprint density at radius 1 is 0.964 bits per heavy atom. The van der Waals surface area contributed by atoms with Gasteiger partial charge in [-0.1, -0.05) is 25.0 Å². The molecule has 4 amide bonds. The first-order valence-electron chi connectivity index (χ1n) is 9.26. The minimum Gasteiger partial charge on any atom is -0.604 e. The second kappa shape index (κ2) is 12.0. The van der Waals surface area contributed by atoms with Gasteiger partial charge in [-0.15, -0.1) is 0 Å². The van der Waals surface area contributed by atoms with Crippen molar-refractivity contribution >= 4 is 44.6 Å². The van der Waals surface area contributed by atoms with Crippen molar-refractivity contribution in [2.24, 2.45) is 0 Å². The Balaban J connectivity index is 2.22. The fourth-order valence-electron chi connectivity index (χ4n) is 2.78. The third-order valence-electron chi connectivity index (χ3n) is 4.24. The number of fused-ring (bicyclic) bond motifs is 7. The van der Waals surface area contributed by atoms with Gasteiger partial charge in [0.15, 0.2) is 5.88 Å². The van der Waals surface area contributed by atoms with Crippen LogP contribution in [0.2, 0.25) is 0 Å². The molecular weight excluding hydrogens is 404 g/mol. The third kappa shape index (κ3) is 8.53. The normalized spacial score (nSPS) is 30.2. The number of amides is 4. The zero-order valence-corrected chi connectivity index (χ0v) is 17.2. The molecule has 156 valence electrons. The zero-order chi connectivity index (χ0) is 20.4. The Labute approximate surface area is 170 Å². The summed E-state index contributed by atoms with van der Waals surface area (Å²) in [6.07, 6.45) is 7.67. The maximum Gasteiger partial charge on any atom is 0.243 e. The first kappa shape index (κ1) is 22.6. The number of carbonyl (C=O) groups is 4. The van der Waals surface area contributed by atoms with Crippen LogP contribution < -0.4 is 21.3 Å². The summed E-state index contributed by atoms with van der Waals surface area (Å²) in [6.45, 7) is -0.500. The van der Waals surface area contributed by atoms with Crippen molar-refractivity contribution in [2.75, 3.05) is 19.0 Å². The van der Waals surface area contributed by atoms with E-state index in [4.69, 9.17) is 0 Å².